The van der Waals surface area contributed by atoms with Gasteiger partial charge in [-0.3, -0.25) is 4.79 Å². The number of hydrogen-bond acceptors (Lipinski definition) is 3. The van der Waals surface area contributed by atoms with Gasteiger partial charge in [-0.05, 0) is 38.0 Å². The molecule has 108 valence electrons. The molecule has 0 saturated carbocycles. The Hall–Kier alpha value is -1.81. The molecule has 1 heterocycles. The highest BCUT2D eigenvalue weighted by atomic mass is 16.5. The van der Waals surface area contributed by atoms with Crippen molar-refractivity contribution in [3.8, 4) is 0 Å². The molecule has 0 saturated heterocycles. The van der Waals surface area contributed by atoms with E-state index in [1.165, 1.54) is 0 Å². The van der Waals surface area contributed by atoms with Gasteiger partial charge in [0.25, 0.3) is 0 Å². The lowest BCUT2D eigenvalue weighted by Gasteiger charge is -2.12. The van der Waals surface area contributed by atoms with Crippen LogP contribution in [-0.2, 0) is 16.0 Å². The first-order chi connectivity index (χ1) is 9.51. The topological polar surface area (TPSA) is 51.5 Å². The Balaban J connectivity index is 2.16. The first-order valence-electron chi connectivity index (χ1n) is 6.77. The molecule has 0 aliphatic rings. The zero-order valence-corrected chi connectivity index (χ0v) is 12.4. The third-order valence-electron chi connectivity index (χ3n) is 3.27. The molecule has 0 spiro atoms. The number of fused-ring (bicyclic) bond motifs is 1. The minimum absolute atomic E-state index is 0.00834. The van der Waals surface area contributed by atoms with Crippen molar-refractivity contribution in [1.29, 1.82) is 0 Å². The van der Waals surface area contributed by atoms with E-state index in [-0.39, 0.29) is 11.9 Å². The Morgan fingerprint density at radius 1 is 1.40 bits per heavy atom. The highest BCUT2D eigenvalue weighted by Gasteiger charge is 2.14. The van der Waals surface area contributed by atoms with Gasteiger partial charge < -0.3 is 14.5 Å². The van der Waals surface area contributed by atoms with E-state index in [0.29, 0.717) is 13.0 Å². The number of carbonyl (C=O) groups excluding carboxylic acids is 1. The number of aryl methyl sites for hydroxylation is 2. The molecule has 2 rings (SSSR count). The van der Waals surface area contributed by atoms with Crippen molar-refractivity contribution in [3.05, 3.63) is 35.1 Å². The molecule has 0 aliphatic heterocycles. The van der Waals surface area contributed by atoms with Crippen molar-refractivity contribution < 1.29 is 13.9 Å². The fourth-order valence-electron chi connectivity index (χ4n) is 2.55. The fourth-order valence-corrected chi connectivity index (χ4v) is 2.55. The normalized spacial score (nSPS) is 12.6. The predicted molar refractivity (Wildman–Crippen MR) is 78.9 cm³/mol. The van der Waals surface area contributed by atoms with Gasteiger partial charge in [-0.25, -0.2) is 0 Å². The van der Waals surface area contributed by atoms with Crippen LogP contribution in [0.3, 0.4) is 0 Å². The number of nitrogens with one attached hydrogen (secondary N) is 1. The molecular formula is C16H21NO3. The lowest BCUT2D eigenvalue weighted by molar-refractivity contribution is -0.121. The van der Waals surface area contributed by atoms with Crippen molar-refractivity contribution in [2.45, 2.75) is 33.2 Å². The van der Waals surface area contributed by atoms with Crippen LogP contribution in [0.2, 0.25) is 0 Å². The van der Waals surface area contributed by atoms with Gasteiger partial charge in [0.1, 0.15) is 5.58 Å². The quantitative estimate of drug-likeness (QED) is 0.913. The number of amides is 1. The zero-order valence-electron chi connectivity index (χ0n) is 12.4. The van der Waals surface area contributed by atoms with E-state index in [9.17, 15) is 4.79 Å². The number of hydrogen-bond donors (Lipinski definition) is 1. The summed E-state index contributed by atoms with van der Waals surface area (Å²) in [4.78, 5) is 12.0. The standard InChI is InChI=1S/C16H21NO3/c1-10-5-11(2)16-13(9-20-14(16)6-10)7-15(18)17-12(3)8-19-4/h5-6,9,12H,7-8H2,1-4H3,(H,17,18)/t12-/m1/s1. The summed E-state index contributed by atoms with van der Waals surface area (Å²) in [7, 11) is 1.62. The Morgan fingerprint density at radius 3 is 2.85 bits per heavy atom. The lowest BCUT2D eigenvalue weighted by atomic mass is 10.0. The minimum atomic E-state index is -0.0165. The second kappa shape index (κ2) is 6.09. The zero-order chi connectivity index (χ0) is 14.7. The molecule has 4 heteroatoms. The molecule has 1 N–H and O–H groups in total. The second-order valence-electron chi connectivity index (χ2n) is 5.32. The van der Waals surface area contributed by atoms with Crippen molar-refractivity contribution in [3.63, 3.8) is 0 Å². The van der Waals surface area contributed by atoms with Crippen LogP contribution >= 0.6 is 0 Å². The minimum Gasteiger partial charge on any atom is -0.464 e. The van der Waals surface area contributed by atoms with E-state index < -0.39 is 0 Å². The summed E-state index contributed by atoms with van der Waals surface area (Å²) < 4.78 is 10.6. The molecule has 2 aromatic rings. The van der Waals surface area contributed by atoms with E-state index in [4.69, 9.17) is 9.15 Å². The SMILES string of the molecule is COC[C@@H](C)NC(=O)Cc1coc2cc(C)cc(C)c12. The first kappa shape index (κ1) is 14.6. The Labute approximate surface area is 119 Å². The lowest BCUT2D eigenvalue weighted by Crippen LogP contribution is -2.36. The van der Waals surface area contributed by atoms with Gasteiger partial charge in [-0.15, -0.1) is 0 Å². The molecule has 0 aliphatic carbocycles. The highest BCUT2D eigenvalue weighted by molar-refractivity contribution is 5.90. The molecule has 0 fully saturated rings. The molecular weight excluding hydrogens is 254 g/mol. The molecule has 1 aromatic heterocycles. The first-order valence-corrected chi connectivity index (χ1v) is 6.77. The largest absolute Gasteiger partial charge is 0.464 e. The third-order valence-corrected chi connectivity index (χ3v) is 3.27. The van der Waals surface area contributed by atoms with Crippen molar-refractivity contribution in [2.75, 3.05) is 13.7 Å². The summed E-state index contributed by atoms with van der Waals surface area (Å²) in [5.74, 6) is -0.0165. The van der Waals surface area contributed by atoms with Gasteiger partial charge in [0, 0.05) is 24.1 Å². The van der Waals surface area contributed by atoms with Crippen LogP contribution in [0.25, 0.3) is 11.0 Å². The molecule has 1 aromatic carbocycles. The summed E-state index contributed by atoms with van der Waals surface area (Å²) in [6, 6.07) is 4.11. The van der Waals surface area contributed by atoms with Gasteiger partial charge in [0.2, 0.25) is 5.91 Å². The van der Waals surface area contributed by atoms with E-state index in [1.54, 1.807) is 13.4 Å². The monoisotopic (exact) mass is 275 g/mol. The molecule has 0 unspecified atom stereocenters. The maximum atomic E-state index is 12.0. The van der Waals surface area contributed by atoms with E-state index in [0.717, 1.165) is 27.7 Å². The third kappa shape index (κ3) is 3.20. The fraction of sp³-hybridized carbons (Fsp3) is 0.438. The summed E-state index contributed by atoms with van der Waals surface area (Å²) >= 11 is 0. The molecule has 0 bridgehead atoms. The van der Waals surface area contributed by atoms with Gasteiger partial charge >= 0.3 is 0 Å². The predicted octanol–water partition coefficient (Wildman–Crippen LogP) is 2.74. The second-order valence-corrected chi connectivity index (χ2v) is 5.32. The Bertz CT molecular complexity index is 615. The van der Waals surface area contributed by atoms with Gasteiger partial charge in [0.15, 0.2) is 0 Å². The van der Waals surface area contributed by atoms with Gasteiger partial charge in [-0.1, -0.05) is 6.07 Å². The van der Waals surface area contributed by atoms with Gasteiger partial charge in [0.05, 0.1) is 19.3 Å². The molecule has 0 radical (unpaired) electrons. The number of furan rings is 1. The van der Waals surface area contributed by atoms with Crippen LogP contribution in [0.1, 0.15) is 23.6 Å². The average Bonchev–Trinajstić information content (AvgIpc) is 2.72. The van der Waals surface area contributed by atoms with Crippen LogP contribution in [0.15, 0.2) is 22.8 Å². The molecule has 20 heavy (non-hydrogen) atoms. The average molecular weight is 275 g/mol. The molecule has 1 amide bonds. The number of ether oxygens (including phenoxy) is 1. The highest BCUT2D eigenvalue weighted by Crippen LogP contribution is 2.26. The van der Waals surface area contributed by atoms with Crippen molar-refractivity contribution in [2.24, 2.45) is 0 Å². The van der Waals surface area contributed by atoms with E-state index in [2.05, 4.69) is 11.4 Å². The number of carbonyl (C=O) groups is 1. The van der Waals surface area contributed by atoms with E-state index >= 15 is 0 Å². The summed E-state index contributed by atoms with van der Waals surface area (Å²) in [5.41, 5.74) is 4.07. The summed E-state index contributed by atoms with van der Waals surface area (Å²) in [5, 5.41) is 3.96. The van der Waals surface area contributed by atoms with Gasteiger partial charge in [-0.2, -0.15) is 0 Å². The smallest absolute Gasteiger partial charge is 0.224 e. The Morgan fingerprint density at radius 2 is 2.15 bits per heavy atom. The maximum Gasteiger partial charge on any atom is 0.224 e. The number of benzene rings is 1. The van der Waals surface area contributed by atoms with Crippen LogP contribution in [0.4, 0.5) is 0 Å². The molecule has 4 nitrogen and oxygen atoms in total. The number of rotatable bonds is 5. The van der Waals surface area contributed by atoms with Crippen LogP contribution in [-0.4, -0.2) is 25.7 Å². The molecule has 1 atom stereocenters. The summed E-state index contributed by atoms with van der Waals surface area (Å²) in [6.45, 7) is 6.51. The van der Waals surface area contributed by atoms with Crippen molar-refractivity contribution >= 4 is 16.9 Å². The summed E-state index contributed by atoms with van der Waals surface area (Å²) in [6.07, 6.45) is 2.00. The van der Waals surface area contributed by atoms with E-state index in [1.807, 2.05) is 26.8 Å². The maximum absolute atomic E-state index is 12.0. The van der Waals surface area contributed by atoms with Crippen LogP contribution in [0, 0.1) is 13.8 Å². The van der Waals surface area contributed by atoms with Crippen LogP contribution < -0.4 is 5.32 Å². The van der Waals surface area contributed by atoms with Crippen LogP contribution in [0.5, 0.6) is 0 Å². The number of methoxy groups -OCH3 is 1. The van der Waals surface area contributed by atoms with Crippen molar-refractivity contribution in [1.82, 2.24) is 5.32 Å². The Kier molecular flexibility index (Phi) is 4.45.